The van der Waals surface area contributed by atoms with Crippen molar-refractivity contribution in [2.45, 2.75) is 0 Å². The van der Waals surface area contributed by atoms with Gasteiger partial charge in [-0.3, -0.25) is 9.78 Å². The molecule has 1 aromatic carbocycles. The van der Waals surface area contributed by atoms with Crippen molar-refractivity contribution in [2.24, 2.45) is 0 Å². The molecule has 1 fully saturated rings. The lowest BCUT2D eigenvalue weighted by molar-refractivity contribution is 0.0306. The number of amides is 1. The molecule has 130 valence electrons. The molecule has 4 rings (SSSR count). The number of morpholine rings is 1. The maximum absolute atomic E-state index is 12.8. The topological polar surface area (TPSA) is 60.9 Å². The number of fused-ring (bicyclic) bond motifs is 2. The van der Waals surface area contributed by atoms with Crippen molar-refractivity contribution in [3.8, 4) is 11.5 Å². The van der Waals surface area contributed by atoms with Crippen LogP contribution in [0.1, 0.15) is 9.67 Å². The van der Waals surface area contributed by atoms with Crippen LogP contribution < -0.4 is 9.47 Å². The van der Waals surface area contributed by atoms with E-state index in [2.05, 4.69) is 4.98 Å². The fraction of sp³-hybridized carbons (Fsp3) is 0.333. The zero-order valence-electron chi connectivity index (χ0n) is 14.1. The molecule has 0 aliphatic carbocycles. The van der Waals surface area contributed by atoms with Gasteiger partial charge in [0.25, 0.3) is 5.91 Å². The van der Waals surface area contributed by atoms with E-state index in [1.807, 2.05) is 17.0 Å². The van der Waals surface area contributed by atoms with Gasteiger partial charge in [0.1, 0.15) is 11.5 Å². The Bertz CT molecular complexity index is 887. The van der Waals surface area contributed by atoms with Gasteiger partial charge in [-0.05, 0) is 12.1 Å². The summed E-state index contributed by atoms with van der Waals surface area (Å²) in [4.78, 5) is 19.6. The Hall–Kier alpha value is -2.38. The first-order valence-electron chi connectivity index (χ1n) is 8.02. The van der Waals surface area contributed by atoms with Gasteiger partial charge < -0.3 is 19.1 Å². The smallest absolute Gasteiger partial charge is 0.264 e. The van der Waals surface area contributed by atoms with Gasteiger partial charge in [0.05, 0.1) is 37.0 Å². The zero-order chi connectivity index (χ0) is 17.4. The van der Waals surface area contributed by atoms with Crippen LogP contribution in [0.25, 0.3) is 20.9 Å². The Morgan fingerprint density at radius 3 is 2.64 bits per heavy atom. The van der Waals surface area contributed by atoms with E-state index in [0.29, 0.717) is 31.2 Å². The van der Waals surface area contributed by atoms with Crippen LogP contribution in [0.3, 0.4) is 0 Å². The fourth-order valence-electron chi connectivity index (χ4n) is 3.22. The standard InChI is InChI=1S/C18H18N2O4S/c1-22-15-11-3-4-19-10-13(11)16(23-2)17-12(15)9-14(25-17)18(21)20-5-7-24-8-6-20/h3-4,9-10H,5-8H2,1-2H3. The highest BCUT2D eigenvalue weighted by atomic mass is 32.1. The van der Waals surface area contributed by atoms with Crippen molar-refractivity contribution >= 4 is 38.1 Å². The monoisotopic (exact) mass is 358 g/mol. The number of carbonyl (C=O) groups excluding carboxylic acids is 1. The van der Waals surface area contributed by atoms with E-state index in [4.69, 9.17) is 14.2 Å². The van der Waals surface area contributed by atoms with E-state index >= 15 is 0 Å². The van der Waals surface area contributed by atoms with E-state index < -0.39 is 0 Å². The van der Waals surface area contributed by atoms with Crippen molar-refractivity contribution in [1.82, 2.24) is 9.88 Å². The molecule has 0 radical (unpaired) electrons. The molecule has 7 heteroatoms. The largest absolute Gasteiger partial charge is 0.495 e. The first-order valence-corrected chi connectivity index (χ1v) is 8.84. The highest BCUT2D eigenvalue weighted by molar-refractivity contribution is 7.21. The Balaban J connectivity index is 1.92. The Morgan fingerprint density at radius 2 is 1.92 bits per heavy atom. The first-order chi connectivity index (χ1) is 12.2. The number of pyridine rings is 1. The third-order valence-corrected chi connectivity index (χ3v) is 5.53. The summed E-state index contributed by atoms with van der Waals surface area (Å²) in [6.45, 7) is 2.40. The second kappa shape index (κ2) is 6.50. The van der Waals surface area contributed by atoms with Crippen molar-refractivity contribution in [1.29, 1.82) is 0 Å². The van der Waals surface area contributed by atoms with Gasteiger partial charge in [-0.15, -0.1) is 11.3 Å². The average Bonchev–Trinajstić information content (AvgIpc) is 3.10. The van der Waals surface area contributed by atoms with Gasteiger partial charge in [0.15, 0.2) is 0 Å². The van der Waals surface area contributed by atoms with Crippen LogP contribution in [-0.2, 0) is 4.74 Å². The molecule has 0 saturated carbocycles. The molecule has 1 aliphatic heterocycles. The van der Waals surface area contributed by atoms with Gasteiger partial charge in [-0.2, -0.15) is 0 Å². The van der Waals surface area contributed by atoms with Crippen LogP contribution in [0.5, 0.6) is 11.5 Å². The average molecular weight is 358 g/mol. The summed E-state index contributed by atoms with van der Waals surface area (Å²) in [5, 5.41) is 2.69. The van der Waals surface area contributed by atoms with Crippen molar-refractivity contribution in [3.05, 3.63) is 29.4 Å². The number of thiophene rings is 1. The zero-order valence-corrected chi connectivity index (χ0v) is 14.9. The number of rotatable bonds is 3. The number of hydrogen-bond acceptors (Lipinski definition) is 6. The summed E-state index contributed by atoms with van der Waals surface area (Å²) in [6, 6.07) is 3.80. The molecule has 0 unspecified atom stereocenters. The summed E-state index contributed by atoms with van der Waals surface area (Å²) in [5.41, 5.74) is 0. The van der Waals surface area contributed by atoms with E-state index in [9.17, 15) is 4.79 Å². The van der Waals surface area contributed by atoms with E-state index in [0.717, 1.165) is 32.4 Å². The van der Waals surface area contributed by atoms with Gasteiger partial charge in [0, 0.05) is 41.6 Å². The summed E-state index contributed by atoms with van der Waals surface area (Å²) < 4.78 is 17.5. The minimum atomic E-state index is 0.0239. The molecule has 1 amide bonds. The van der Waals surface area contributed by atoms with Gasteiger partial charge >= 0.3 is 0 Å². The quantitative estimate of drug-likeness (QED) is 0.720. The second-order valence-corrected chi connectivity index (χ2v) is 6.80. The molecule has 3 heterocycles. The van der Waals surface area contributed by atoms with Gasteiger partial charge in [-0.1, -0.05) is 0 Å². The summed E-state index contributed by atoms with van der Waals surface area (Å²) in [7, 11) is 3.28. The number of ether oxygens (including phenoxy) is 3. The highest BCUT2D eigenvalue weighted by Gasteiger charge is 2.24. The SMILES string of the molecule is COc1c2ccncc2c(OC)c2sc(C(=O)N3CCOCC3)cc12. The van der Waals surface area contributed by atoms with E-state index in [1.54, 1.807) is 26.6 Å². The fourth-order valence-corrected chi connectivity index (χ4v) is 4.38. The lowest BCUT2D eigenvalue weighted by Crippen LogP contribution is -2.40. The number of aromatic nitrogens is 1. The molecule has 0 spiro atoms. The molecule has 2 aromatic heterocycles. The molecule has 25 heavy (non-hydrogen) atoms. The molecule has 0 atom stereocenters. The highest BCUT2D eigenvalue weighted by Crippen LogP contribution is 2.46. The molecule has 1 saturated heterocycles. The van der Waals surface area contributed by atoms with Crippen LogP contribution in [0, 0.1) is 0 Å². The normalized spacial score (nSPS) is 14.9. The minimum absolute atomic E-state index is 0.0239. The maximum Gasteiger partial charge on any atom is 0.264 e. The number of benzene rings is 1. The maximum atomic E-state index is 12.8. The van der Waals surface area contributed by atoms with Crippen LogP contribution in [0.4, 0.5) is 0 Å². The van der Waals surface area contributed by atoms with Crippen LogP contribution in [-0.4, -0.2) is 56.3 Å². The Morgan fingerprint density at radius 1 is 1.16 bits per heavy atom. The molecule has 0 N–H and O–H groups in total. The van der Waals surface area contributed by atoms with Gasteiger partial charge in [-0.25, -0.2) is 0 Å². The van der Waals surface area contributed by atoms with Crippen molar-refractivity contribution in [3.63, 3.8) is 0 Å². The molecular formula is C18H18N2O4S. The predicted molar refractivity (Wildman–Crippen MR) is 97.0 cm³/mol. The number of methoxy groups -OCH3 is 2. The lowest BCUT2D eigenvalue weighted by atomic mass is 10.1. The molecule has 6 nitrogen and oxygen atoms in total. The van der Waals surface area contributed by atoms with Gasteiger partial charge in [0.2, 0.25) is 0 Å². The minimum Gasteiger partial charge on any atom is -0.495 e. The molecule has 3 aromatic rings. The van der Waals surface area contributed by atoms with Crippen LogP contribution in [0.15, 0.2) is 24.5 Å². The molecule has 0 bridgehead atoms. The Kier molecular flexibility index (Phi) is 4.19. The summed E-state index contributed by atoms with van der Waals surface area (Å²) in [6.07, 6.45) is 3.49. The number of hydrogen-bond donors (Lipinski definition) is 0. The van der Waals surface area contributed by atoms with E-state index in [-0.39, 0.29) is 5.91 Å². The van der Waals surface area contributed by atoms with Crippen LogP contribution >= 0.6 is 11.3 Å². The molecule has 1 aliphatic rings. The number of carbonyl (C=O) groups is 1. The van der Waals surface area contributed by atoms with Crippen molar-refractivity contribution in [2.75, 3.05) is 40.5 Å². The van der Waals surface area contributed by atoms with Crippen LogP contribution in [0.2, 0.25) is 0 Å². The predicted octanol–water partition coefficient (Wildman–Crippen LogP) is 2.94. The third kappa shape index (κ3) is 2.60. The van der Waals surface area contributed by atoms with E-state index in [1.165, 1.54) is 11.3 Å². The first kappa shape index (κ1) is 16.1. The number of nitrogens with zero attached hydrogens (tertiary/aromatic N) is 2. The summed E-state index contributed by atoms with van der Waals surface area (Å²) in [5.74, 6) is 1.49. The van der Waals surface area contributed by atoms with Crippen molar-refractivity contribution < 1.29 is 19.0 Å². The second-order valence-electron chi connectivity index (χ2n) is 5.75. The lowest BCUT2D eigenvalue weighted by Gasteiger charge is -2.26. The third-order valence-electron chi connectivity index (χ3n) is 4.41. The summed E-state index contributed by atoms with van der Waals surface area (Å²) >= 11 is 1.43. The Labute approximate surface area is 148 Å². The molecular weight excluding hydrogens is 340 g/mol.